The highest BCUT2D eigenvalue weighted by Crippen LogP contribution is 2.40. The predicted molar refractivity (Wildman–Crippen MR) is 141 cm³/mol. The van der Waals surface area contributed by atoms with Crippen LogP contribution in [0.2, 0.25) is 0 Å². The zero-order valence-corrected chi connectivity index (χ0v) is 21.3. The van der Waals surface area contributed by atoms with Crippen molar-refractivity contribution in [2.24, 2.45) is 0 Å². The molecule has 0 saturated carbocycles. The fourth-order valence-corrected chi connectivity index (χ4v) is 5.25. The van der Waals surface area contributed by atoms with Gasteiger partial charge in [-0.15, -0.1) is 0 Å². The largest absolute Gasteiger partial charge is 0.497 e. The topological polar surface area (TPSA) is 105 Å². The summed E-state index contributed by atoms with van der Waals surface area (Å²) >= 11 is 0. The molecule has 0 bridgehead atoms. The third kappa shape index (κ3) is 3.78. The van der Waals surface area contributed by atoms with Gasteiger partial charge in [-0.25, -0.2) is 4.98 Å². The van der Waals surface area contributed by atoms with Crippen LogP contribution in [-0.2, 0) is 21.5 Å². The van der Waals surface area contributed by atoms with E-state index in [2.05, 4.69) is 10.3 Å². The molecule has 9 heteroatoms. The first-order chi connectivity index (χ1) is 18.3. The van der Waals surface area contributed by atoms with Crippen molar-refractivity contribution < 1.29 is 23.5 Å². The van der Waals surface area contributed by atoms with Crippen LogP contribution in [0.3, 0.4) is 0 Å². The number of benzene rings is 2. The van der Waals surface area contributed by atoms with E-state index in [9.17, 15) is 14.4 Å². The number of rotatable bonds is 6. The maximum Gasteiger partial charge on any atom is 0.254 e. The molecule has 2 aliphatic heterocycles. The number of ether oxygens (including phenoxy) is 1. The van der Waals surface area contributed by atoms with Gasteiger partial charge in [0, 0.05) is 49.9 Å². The number of methoxy groups -OCH3 is 1. The molecule has 1 saturated heterocycles. The standard InChI is InChI=1S/C29H26N4O5/c1-32(2)25-9-6-18(14-30-25)17-5-8-23-20(10-17)11-24(38-23)29(13-26(34)31-28(29)36)16-33-15-19-4-7-21(37-3)12-22(19)27(33)35/h4-12,14H,13,15-16H2,1-3H3,(H,31,34,36)/t29-/m1/s1. The molecule has 1 N–H and O–H groups in total. The van der Waals surface area contributed by atoms with Crippen molar-refractivity contribution in [3.05, 3.63) is 77.7 Å². The van der Waals surface area contributed by atoms with Crippen molar-refractivity contribution in [3.63, 3.8) is 0 Å². The molecule has 192 valence electrons. The Kier molecular flexibility index (Phi) is 5.45. The molecule has 38 heavy (non-hydrogen) atoms. The summed E-state index contributed by atoms with van der Waals surface area (Å²) in [5.74, 6) is 0.729. The first-order valence-corrected chi connectivity index (χ1v) is 12.3. The van der Waals surface area contributed by atoms with Crippen molar-refractivity contribution in [1.82, 2.24) is 15.2 Å². The van der Waals surface area contributed by atoms with Crippen molar-refractivity contribution >= 4 is 34.5 Å². The van der Waals surface area contributed by atoms with Gasteiger partial charge in [-0.1, -0.05) is 12.1 Å². The summed E-state index contributed by atoms with van der Waals surface area (Å²) < 4.78 is 11.4. The van der Waals surface area contributed by atoms with Gasteiger partial charge in [0.15, 0.2) is 0 Å². The Morgan fingerprint density at radius 3 is 2.55 bits per heavy atom. The molecule has 2 aromatic heterocycles. The lowest BCUT2D eigenvalue weighted by Crippen LogP contribution is -2.46. The monoisotopic (exact) mass is 510 g/mol. The number of aromatic nitrogens is 1. The third-order valence-electron chi connectivity index (χ3n) is 7.33. The summed E-state index contributed by atoms with van der Waals surface area (Å²) in [4.78, 5) is 47.0. The fraction of sp³-hybridized carbons (Fsp3) is 0.241. The highest BCUT2D eigenvalue weighted by atomic mass is 16.5. The summed E-state index contributed by atoms with van der Waals surface area (Å²) in [7, 11) is 5.42. The molecule has 0 radical (unpaired) electrons. The molecule has 0 unspecified atom stereocenters. The number of hydrogen-bond donors (Lipinski definition) is 1. The van der Waals surface area contributed by atoms with Crippen LogP contribution in [-0.4, -0.2) is 55.4 Å². The molecule has 4 heterocycles. The van der Waals surface area contributed by atoms with Crippen molar-refractivity contribution in [2.45, 2.75) is 18.4 Å². The van der Waals surface area contributed by atoms with Crippen molar-refractivity contribution in [1.29, 1.82) is 0 Å². The minimum atomic E-state index is -1.33. The number of nitrogens with one attached hydrogen (secondary N) is 1. The number of fused-ring (bicyclic) bond motifs is 2. The average Bonchev–Trinajstić information content (AvgIpc) is 3.57. The Bertz CT molecular complexity index is 1610. The Morgan fingerprint density at radius 1 is 1.05 bits per heavy atom. The molecule has 4 aromatic rings. The number of carbonyl (C=O) groups is 3. The number of imide groups is 1. The molecule has 1 atom stereocenters. The van der Waals surface area contributed by atoms with Crippen LogP contribution >= 0.6 is 0 Å². The Morgan fingerprint density at radius 2 is 1.87 bits per heavy atom. The lowest BCUT2D eigenvalue weighted by Gasteiger charge is -2.28. The minimum Gasteiger partial charge on any atom is -0.497 e. The lowest BCUT2D eigenvalue weighted by atomic mass is 9.82. The molecule has 0 spiro atoms. The Balaban J connectivity index is 1.35. The number of hydrogen-bond acceptors (Lipinski definition) is 7. The van der Waals surface area contributed by atoms with Crippen molar-refractivity contribution in [2.75, 3.05) is 32.6 Å². The second kappa shape index (κ2) is 8.72. The highest BCUT2D eigenvalue weighted by molar-refractivity contribution is 6.10. The van der Waals surface area contributed by atoms with E-state index in [0.717, 1.165) is 27.9 Å². The zero-order chi connectivity index (χ0) is 26.6. The summed E-state index contributed by atoms with van der Waals surface area (Å²) in [5, 5.41) is 3.22. The van der Waals surface area contributed by atoms with Gasteiger partial charge < -0.3 is 19.0 Å². The molecule has 2 aromatic carbocycles. The predicted octanol–water partition coefficient (Wildman–Crippen LogP) is 3.51. The molecule has 6 rings (SSSR count). The van der Waals surface area contributed by atoms with Crippen LogP contribution in [0.25, 0.3) is 22.1 Å². The Hall–Kier alpha value is -4.66. The van der Waals surface area contributed by atoms with E-state index < -0.39 is 17.2 Å². The van der Waals surface area contributed by atoms with Crippen LogP contribution in [0.4, 0.5) is 5.82 Å². The quantitative estimate of drug-likeness (QED) is 0.396. The van der Waals surface area contributed by atoms with Crippen LogP contribution in [0.5, 0.6) is 5.75 Å². The van der Waals surface area contributed by atoms with E-state index in [1.165, 1.54) is 0 Å². The number of amides is 3. The molecule has 0 aliphatic carbocycles. The third-order valence-corrected chi connectivity index (χ3v) is 7.33. The maximum atomic E-state index is 13.3. The summed E-state index contributed by atoms with van der Waals surface area (Å²) in [6.45, 7) is 0.352. The number of pyridine rings is 1. The number of carbonyl (C=O) groups excluding carboxylic acids is 3. The fourth-order valence-electron chi connectivity index (χ4n) is 5.25. The lowest BCUT2D eigenvalue weighted by molar-refractivity contribution is -0.127. The molecule has 9 nitrogen and oxygen atoms in total. The van der Waals surface area contributed by atoms with Gasteiger partial charge in [0.05, 0.1) is 13.5 Å². The maximum absolute atomic E-state index is 13.3. The van der Waals surface area contributed by atoms with E-state index >= 15 is 0 Å². The molecular weight excluding hydrogens is 484 g/mol. The van der Waals surface area contributed by atoms with Crippen LogP contribution in [0, 0.1) is 0 Å². The first-order valence-electron chi connectivity index (χ1n) is 12.3. The van der Waals surface area contributed by atoms with Gasteiger partial charge in [0.1, 0.15) is 28.3 Å². The number of anilines is 1. The summed E-state index contributed by atoms with van der Waals surface area (Å²) in [5.41, 5.74) is 2.54. The summed E-state index contributed by atoms with van der Waals surface area (Å²) in [6, 6.07) is 16.9. The summed E-state index contributed by atoms with van der Waals surface area (Å²) in [6.07, 6.45) is 1.71. The van der Waals surface area contributed by atoms with E-state index in [0.29, 0.717) is 29.2 Å². The second-order valence-corrected chi connectivity index (χ2v) is 9.98. The zero-order valence-electron chi connectivity index (χ0n) is 21.3. The minimum absolute atomic E-state index is 0.0169. The molecule has 2 aliphatic rings. The SMILES string of the molecule is COc1ccc2c(c1)C(=O)N(C[C@@]1(c3cc4cc(-c5ccc(N(C)C)nc5)ccc4o3)CC(=O)NC1=O)C2. The van der Waals surface area contributed by atoms with Gasteiger partial charge in [0.25, 0.3) is 5.91 Å². The van der Waals surface area contributed by atoms with Gasteiger partial charge in [-0.05, 0) is 53.6 Å². The number of furan rings is 1. The van der Waals surface area contributed by atoms with Crippen LogP contribution in [0.1, 0.15) is 28.1 Å². The van der Waals surface area contributed by atoms with E-state index in [4.69, 9.17) is 9.15 Å². The van der Waals surface area contributed by atoms with Crippen molar-refractivity contribution in [3.8, 4) is 16.9 Å². The average molecular weight is 511 g/mol. The van der Waals surface area contributed by atoms with E-state index in [-0.39, 0.29) is 18.9 Å². The second-order valence-electron chi connectivity index (χ2n) is 9.98. The van der Waals surface area contributed by atoms with Gasteiger partial charge in [-0.2, -0.15) is 0 Å². The van der Waals surface area contributed by atoms with E-state index in [1.807, 2.05) is 61.6 Å². The normalized spacial score (nSPS) is 18.7. The van der Waals surface area contributed by atoms with E-state index in [1.54, 1.807) is 30.2 Å². The smallest absolute Gasteiger partial charge is 0.254 e. The molecule has 1 fully saturated rings. The Labute approximate surface area is 219 Å². The molecular formula is C29H26N4O5. The molecule has 3 amide bonds. The van der Waals surface area contributed by atoms with Gasteiger partial charge in [-0.3, -0.25) is 19.7 Å². The van der Waals surface area contributed by atoms with Gasteiger partial charge in [0.2, 0.25) is 11.8 Å². The first kappa shape index (κ1) is 23.7. The van der Waals surface area contributed by atoms with Crippen LogP contribution in [0.15, 0.2) is 65.2 Å². The van der Waals surface area contributed by atoms with Crippen LogP contribution < -0.4 is 15.0 Å². The van der Waals surface area contributed by atoms with Gasteiger partial charge >= 0.3 is 0 Å². The number of nitrogens with zero attached hydrogens (tertiary/aromatic N) is 3. The highest BCUT2D eigenvalue weighted by Gasteiger charge is 2.53.